The van der Waals surface area contributed by atoms with Crippen molar-refractivity contribution >= 4 is 5.91 Å². The average molecular weight is 466 g/mol. The molecule has 0 spiro atoms. The van der Waals surface area contributed by atoms with Crippen LogP contribution in [0.1, 0.15) is 35.2 Å². The van der Waals surface area contributed by atoms with Gasteiger partial charge in [0.15, 0.2) is 0 Å². The van der Waals surface area contributed by atoms with Gasteiger partial charge in [-0.1, -0.05) is 35.9 Å². The summed E-state index contributed by atoms with van der Waals surface area (Å²) in [6.45, 7) is 5.71. The van der Waals surface area contributed by atoms with E-state index in [1.165, 1.54) is 16.7 Å². The first-order valence-corrected chi connectivity index (χ1v) is 12.0. The lowest BCUT2D eigenvalue weighted by Crippen LogP contribution is -2.25. The first kappa shape index (κ1) is 24.0. The molecule has 0 aliphatic carbocycles. The summed E-state index contributed by atoms with van der Waals surface area (Å²) >= 11 is 0. The Kier molecular flexibility index (Phi) is 7.79. The monoisotopic (exact) mass is 465 g/mol. The first-order chi connectivity index (χ1) is 17.0. The van der Waals surface area contributed by atoms with E-state index < -0.39 is 0 Å². The molecule has 0 aliphatic heterocycles. The molecule has 0 aliphatic rings. The molecule has 2 heterocycles. The molecule has 1 N–H and O–H groups in total. The number of imidazole rings is 1. The fraction of sp³-hybridized carbons (Fsp3) is 0.276. The fourth-order valence-electron chi connectivity index (χ4n) is 4.38. The second-order valence-electron chi connectivity index (χ2n) is 8.87. The van der Waals surface area contributed by atoms with Crippen LogP contribution in [0.3, 0.4) is 0 Å². The molecule has 2 aromatic heterocycles. The van der Waals surface area contributed by atoms with Gasteiger partial charge in [-0.3, -0.25) is 4.79 Å². The Bertz CT molecular complexity index is 1310. The van der Waals surface area contributed by atoms with Crippen LogP contribution in [0.25, 0.3) is 16.9 Å². The number of benzene rings is 2. The van der Waals surface area contributed by atoms with Gasteiger partial charge in [-0.15, -0.1) is 0 Å². The maximum atomic E-state index is 12.5. The van der Waals surface area contributed by atoms with Crippen LogP contribution in [0.15, 0.2) is 73.3 Å². The van der Waals surface area contributed by atoms with Gasteiger partial charge in [-0.2, -0.15) is 5.26 Å². The number of nitriles is 1. The number of carbonyl (C=O) groups excluding carboxylic acids is 1. The zero-order valence-electron chi connectivity index (χ0n) is 20.4. The third-order valence-electron chi connectivity index (χ3n) is 6.18. The van der Waals surface area contributed by atoms with E-state index in [1.54, 1.807) is 12.5 Å². The zero-order chi connectivity index (χ0) is 24.6. The molecule has 2 aromatic carbocycles. The van der Waals surface area contributed by atoms with E-state index in [2.05, 4.69) is 77.2 Å². The summed E-state index contributed by atoms with van der Waals surface area (Å²) in [7, 11) is 0. The Balaban J connectivity index is 1.50. The molecular weight excluding hydrogens is 434 g/mol. The lowest BCUT2D eigenvalue weighted by Gasteiger charge is -2.16. The van der Waals surface area contributed by atoms with Gasteiger partial charge in [-0.05, 0) is 62.1 Å². The summed E-state index contributed by atoms with van der Waals surface area (Å²) in [5.74, 6) is 0.0563. The maximum Gasteiger partial charge on any atom is 0.220 e. The van der Waals surface area contributed by atoms with Crippen LogP contribution in [0.5, 0.6) is 0 Å². The van der Waals surface area contributed by atoms with Gasteiger partial charge in [0.2, 0.25) is 5.91 Å². The number of nitrogens with one attached hydrogen (secondary N) is 1. The molecule has 0 saturated carbocycles. The number of aryl methyl sites for hydroxylation is 4. The molecule has 0 unspecified atom stereocenters. The van der Waals surface area contributed by atoms with Crippen LogP contribution >= 0.6 is 0 Å². The van der Waals surface area contributed by atoms with Crippen molar-refractivity contribution in [3.05, 3.63) is 95.7 Å². The molecule has 0 bridgehead atoms. The van der Waals surface area contributed by atoms with Gasteiger partial charge in [0.05, 0.1) is 24.5 Å². The number of carbonyl (C=O) groups is 1. The number of rotatable bonds is 10. The summed E-state index contributed by atoms with van der Waals surface area (Å²) in [6.07, 6.45) is 7.80. The number of aromatic nitrogens is 3. The van der Waals surface area contributed by atoms with Crippen LogP contribution in [0.4, 0.5) is 0 Å². The highest BCUT2D eigenvalue weighted by molar-refractivity contribution is 5.76. The van der Waals surface area contributed by atoms with Gasteiger partial charge in [-0.25, -0.2) is 4.98 Å². The smallest absolute Gasteiger partial charge is 0.220 e. The Hall–Kier alpha value is -4.11. The molecule has 6 heteroatoms. The van der Waals surface area contributed by atoms with E-state index in [0.717, 1.165) is 35.6 Å². The quantitative estimate of drug-likeness (QED) is 0.329. The minimum absolute atomic E-state index is 0.0563. The highest BCUT2D eigenvalue weighted by Crippen LogP contribution is 2.30. The van der Waals surface area contributed by atoms with E-state index in [0.29, 0.717) is 25.8 Å². The molecule has 1 amide bonds. The van der Waals surface area contributed by atoms with Crippen molar-refractivity contribution in [3.8, 4) is 23.0 Å². The van der Waals surface area contributed by atoms with E-state index in [9.17, 15) is 4.79 Å². The zero-order valence-corrected chi connectivity index (χ0v) is 20.4. The summed E-state index contributed by atoms with van der Waals surface area (Å²) in [6, 6.07) is 21.1. The second kappa shape index (κ2) is 11.3. The van der Waals surface area contributed by atoms with E-state index in [4.69, 9.17) is 5.26 Å². The largest absolute Gasteiger partial charge is 0.356 e. The lowest BCUT2D eigenvalue weighted by molar-refractivity contribution is -0.121. The summed E-state index contributed by atoms with van der Waals surface area (Å²) in [5.41, 5.74) is 7.83. The Morgan fingerprint density at radius 1 is 1.09 bits per heavy atom. The van der Waals surface area contributed by atoms with Crippen LogP contribution < -0.4 is 5.32 Å². The Morgan fingerprint density at radius 3 is 2.63 bits per heavy atom. The van der Waals surface area contributed by atoms with Gasteiger partial charge in [0, 0.05) is 48.8 Å². The average Bonchev–Trinajstić information content (AvgIpc) is 3.51. The standard InChI is InChI=1S/C29H31N5O/c1-22-4-11-27(23(2)20-22)28-12-9-26(34(28)25-7-5-24(6-8-25)14-15-30)10-13-29(35)32-16-3-18-33-19-17-31-21-33/h4-9,11-12,17,19-21H,3,10,13-14,16,18H2,1-2H3,(H,32,35). The number of nitrogens with zero attached hydrogens (tertiary/aromatic N) is 4. The third kappa shape index (κ3) is 6.07. The topological polar surface area (TPSA) is 75.6 Å². The Morgan fingerprint density at radius 2 is 1.91 bits per heavy atom. The van der Waals surface area contributed by atoms with Crippen molar-refractivity contribution in [2.45, 2.75) is 46.1 Å². The van der Waals surface area contributed by atoms with Crippen LogP contribution in [0.2, 0.25) is 0 Å². The molecule has 0 radical (unpaired) electrons. The van der Waals surface area contributed by atoms with Gasteiger partial charge < -0.3 is 14.5 Å². The normalized spacial score (nSPS) is 10.8. The molecule has 178 valence electrons. The van der Waals surface area contributed by atoms with Crippen molar-refractivity contribution in [2.75, 3.05) is 6.54 Å². The lowest BCUT2D eigenvalue weighted by atomic mass is 10.0. The van der Waals surface area contributed by atoms with Gasteiger partial charge in [0.1, 0.15) is 0 Å². The molecule has 4 rings (SSSR count). The molecular formula is C29H31N5O. The van der Waals surface area contributed by atoms with E-state index >= 15 is 0 Å². The van der Waals surface area contributed by atoms with Crippen molar-refractivity contribution in [3.63, 3.8) is 0 Å². The van der Waals surface area contributed by atoms with Gasteiger partial charge >= 0.3 is 0 Å². The van der Waals surface area contributed by atoms with Gasteiger partial charge in [0.25, 0.3) is 0 Å². The third-order valence-corrected chi connectivity index (χ3v) is 6.18. The van der Waals surface area contributed by atoms with Crippen LogP contribution in [-0.4, -0.2) is 26.6 Å². The van der Waals surface area contributed by atoms with Crippen molar-refractivity contribution < 1.29 is 4.79 Å². The molecule has 35 heavy (non-hydrogen) atoms. The van der Waals surface area contributed by atoms with Crippen LogP contribution in [-0.2, 0) is 24.2 Å². The van der Waals surface area contributed by atoms with Crippen molar-refractivity contribution in [1.82, 2.24) is 19.4 Å². The fourth-order valence-corrected chi connectivity index (χ4v) is 4.38. The summed E-state index contributed by atoms with van der Waals surface area (Å²) in [4.78, 5) is 16.6. The molecule has 0 atom stereocenters. The number of hydrogen-bond acceptors (Lipinski definition) is 3. The molecule has 4 aromatic rings. The summed E-state index contributed by atoms with van der Waals surface area (Å²) in [5, 5.41) is 12.1. The highest BCUT2D eigenvalue weighted by Gasteiger charge is 2.15. The summed E-state index contributed by atoms with van der Waals surface area (Å²) < 4.78 is 4.25. The van der Waals surface area contributed by atoms with Crippen molar-refractivity contribution in [2.24, 2.45) is 0 Å². The molecule has 0 fully saturated rings. The Labute approximate surface area is 206 Å². The predicted octanol–water partition coefficient (Wildman–Crippen LogP) is 5.16. The highest BCUT2D eigenvalue weighted by atomic mass is 16.1. The molecule has 0 saturated heterocycles. The predicted molar refractivity (Wildman–Crippen MR) is 138 cm³/mol. The maximum absolute atomic E-state index is 12.5. The first-order valence-electron chi connectivity index (χ1n) is 12.0. The number of amides is 1. The minimum atomic E-state index is 0.0563. The van der Waals surface area contributed by atoms with Crippen LogP contribution in [0, 0.1) is 25.2 Å². The SMILES string of the molecule is Cc1ccc(-c2ccc(CCC(=O)NCCCn3ccnc3)n2-c2ccc(CC#N)cc2)c(C)c1. The molecule has 6 nitrogen and oxygen atoms in total. The minimum Gasteiger partial charge on any atom is -0.356 e. The van der Waals surface area contributed by atoms with E-state index in [-0.39, 0.29) is 5.91 Å². The number of hydrogen-bond donors (Lipinski definition) is 1. The second-order valence-corrected chi connectivity index (χ2v) is 8.87. The van der Waals surface area contributed by atoms with Crippen molar-refractivity contribution in [1.29, 1.82) is 5.26 Å². The van der Waals surface area contributed by atoms with E-state index in [1.807, 2.05) is 22.9 Å².